The van der Waals surface area contributed by atoms with E-state index in [0.717, 1.165) is 0 Å². The number of Topliss-reactive ketones (excluding diaryl/α,β-unsaturated/α-hetero) is 1. The molecule has 3 rings (SSSR count). The number of aliphatic hydroxyl groups excluding tert-OH is 1. The molecule has 2 aliphatic heterocycles. The molecule has 140 valence electrons. The first kappa shape index (κ1) is 18.4. The van der Waals surface area contributed by atoms with Gasteiger partial charge in [-0.25, -0.2) is 8.78 Å². The Hall–Kier alpha value is -2.35. The molecule has 2 atom stereocenters. The topological polar surface area (TPSA) is 73.2 Å². The van der Waals surface area contributed by atoms with Crippen molar-refractivity contribution in [1.82, 2.24) is 4.90 Å². The third-order valence-electron chi connectivity index (χ3n) is 4.91. The number of rotatable bonds is 4. The fraction of sp³-hybridized carbons (Fsp3) is 0.500. The van der Waals surface area contributed by atoms with Crippen LogP contribution in [0.4, 0.5) is 14.5 Å². The van der Waals surface area contributed by atoms with Gasteiger partial charge in [-0.1, -0.05) is 18.2 Å². The van der Waals surface area contributed by atoms with Crippen molar-refractivity contribution in [1.29, 1.82) is 0 Å². The predicted molar refractivity (Wildman–Crippen MR) is 92.2 cm³/mol. The summed E-state index contributed by atoms with van der Waals surface area (Å²) >= 11 is 0. The summed E-state index contributed by atoms with van der Waals surface area (Å²) in [7, 11) is 0. The van der Waals surface area contributed by atoms with E-state index in [2.05, 4.69) is 5.10 Å². The van der Waals surface area contributed by atoms with Crippen LogP contribution in [0.15, 0.2) is 35.4 Å². The third-order valence-corrected chi connectivity index (χ3v) is 4.91. The third kappa shape index (κ3) is 3.46. The molecule has 0 aromatic heterocycles. The van der Waals surface area contributed by atoms with E-state index in [1.165, 1.54) is 16.8 Å². The summed E-state index contributed by atoms with van der Waals surface area (Å²) in [5, 5.41) is 15.0. The summed E-state index contributed by atoms with van der Waals surface area (Å²) in [5.74, 6) is -4.85. The highest BCUT2D eigenvalue weighted by atomic mass is 19.3. The van der Waals surface area contributed by atoms with Gasteiger partial charge in [-0.05, 0) is 19.1 Å². The maximum absolute atomic E-state index is 13.8. The van der Waals surface area contributed by atoms with E-state index in [4.69, 9.17) is 0 Å². The number of alkyl halides is 2. The molecular weight excluding hydrogens is 344 g/mol. The summed E-state index contributed by atoms with van der Waals surface area (Å²) in [6.07, 6.45) is -0.352. The fourth-order valence-electron chi connectivity index (χ4n) is 3.31. The van der Waals surface area contributed by atoms with Crippen LogP contribution in [0, 0.1) is 5.92 Å². The molecule has 2 heterocycles. The molecule has 0 radical (unpaired) electrons. The van der Waals surface area contributed by atoms with Crippen molar-refractivity contribution >= 4 is 23.1 Å². The van der Waals surface area contributed by atoms with Gasteiger partial charge in [-0.3, -0.25) is 14.6 Å². The van der Waals surface area contributed by atoms with Gasteiger partial charge in [0.1, 0.15) is 11.8 Å². The monoisotopic (exact) mass is 365 g/mol. The van der Waals surface area contributed by atoms with Crippen molar-refractivity contribution in [3.63, 3.8) is 0 Å². The minimum Gasteiger partial charge on any atom is -0.396 e. The van der Waals surface area contributed by atoms with Gasteiger partial charge in [0.2, 0.25) is 0 Å². The van der Waals surface area contributed by atoms with Crippen molar-refractivity contribution < 1.29 is 23.5 Å². The Morgan fingerprint density at radius 1 is 1.31 bits per heavy atom. The smallest absolute Gasteiger partial charge is 0.270 e. The average Bonchev–Trinajstić information content (AvgIpc) is 3.07. The second-order valence-corrected chi connectivity index (χ2v) is 6.70. The highest BCUT2D eigenvalue weighted by molar-refractivity contribution is 6.40. The Bertz CT molecular complexity index is 724. The van der Waals surface area contributed by atoms with E-state index >= 15 is 0 Å². The number of nitrogens with zero attached hydrogens (tertiary/aromatic N) is 3. The summed E-state index contributed by atoms with van der Waals surface area (Å²) in [6.45, 7) is 0.428. The molecule has 0 unspecified atom stereocenters. The number of amides is 1. The number of para-hydroxylation sites is 1. The predicted octanol–water partition coefficient (Wildman–Crippen LogP) is 1.69. The van der Waals surface area contributed by atoms with E-state index in [1.54, 1.807) is 24.3 Å². The zero-order valence-corrected chi connectivity index (χ0v) is 14.4. The second-order valence-electron chi connectivity index (χ2n) is 6.70. The van der Waals surface area contributed by atoms with Gasteiger partial charge >= 0.3 is 0 Å². The zero-order valence-electron chi connectivity index (χ0n) is 14.4. The number of hydrogen-bond donors (Lipinski definition) is 1. The highest BCUT2D eigenvalue weighted by Crippen LogP contribution is 2.34. The van der Waals surface area contributed by atoms with E-state index in [0.29, 0.717) is 5.69 Å². The second kappa shape index (κ2) is 7.11. The number of hydrogen-bond acceptors (Lipinski definition) is 5. The molecule has 8 heteroatoms. The standard InChI is InChI=1S/C18H21F2N3O3/c1-12(25)16-9-15(21-23(16)14-5-3-2-4-6-14)17(26)22-8-7-18(19,20)13(10-22)11-24/h2-6,13,16,24H,7-11H2,1H3/t13-,16+/m1/s1. The van der Waals surface area contributed by atoms with Crippen LogP contribution in [0.5, 0.6) is 0 Å². The van der Waals surface area contributed by atoms with Gasteiger partial charge in [0, 0.05) is 25.9 Å². The number of carbonyl (C=O) groups is 2. The molecule has 1 aromatic carbocycles. The molecule has 0 aliphatic carbocycles. The van der Waals surface area contributed by atoms with E-state index < -0.39 is 36.8 Å². The Morgan fingerprint density at radius 3 is 2.62 bits per heavy atom. The highest BCUT2D eigenvalue weighted by Gasteiger charge is 2.46. The summed E-state index contributed by atoms with van der Waals surface area (Å²) in [4.78, 5) is 26.0. The maximum atomic E-state index is 13.8. The Balaban J connectivity index is 1.80. The van der Waals surface area contributed by atoms with Crippen LogP contribution < -0.4 is 5.01 Å². The van der Waals surface area contributed by atoms with Crippen LogP contribution in [0.2, 0.25) is 0 Å². The molecule has 26 heavy (non-hydrogen) atoms. The molecule has 0 saturated carbocycles. The number of benzene rings is 1. The molecule has 0 spiro atoms. The minimum atomic E-state index is -2.99. The molecule has 0 bridgehead atoms. The van der Waals surface area contributed by atoms with Crippen LogP contribution >= 0.6 is 0 Å². The fourth-order valence-corrected chi connectivity index (χ4v) is 3.31. The van der Waals surface area contributed by atoms with Crippen molar-refractivity contribution in [3.8, 4) is 0 Å². The largest absolute Gasteiger partial charge is 0.396 e. The van der Waals surface area contributed by atoms with Gasteiger partial charge in [0.05, 0.1) is 18.2 Å². The number of carbonyl (C=O) groups excluding carboxylic acids is 2. The molecule has 6 nitrogen and oxygen atoms in total. The number of halogens is 2. The van der Waals surface area contributed by atoms with Crippen LogP contribution in [0.25, 0.3) is 0 Å². The van der Waals surface area contributed by atoms with Crippen LogP contribution in [0.3, 0.4) is 0 Å². The van der Waals surface area contributed by atoms with Crippen molar-refractivity contribution in [3.05, 3.63) is 30.3 Å². The quantitative estimate of drug-likeness (QED) is 0.881. The van der Waals surface area contributed by atoms with Crippen LogP contribution in [-0.2, 0) is 9.59 Å². The Morgan fingerprint density at radius 2 is 2.00 bits per heavy atom. The number of ketones is 1. The molecule has 2 aliphatic rings. The van der Waals surface area contributed by atoms with Crippen LogP contribution in [-0.4, -0.2) is 59.1 Å². The Labute approximate surface area is 150 Å². The minimum absolute atomic E-state index is 0.0998. The van der Waals surface area contributed by atoms with Gasteiger partial charge in [-0.2, -0.15) is 5.10 Å². The maximum Gasteiger partial charge on any atom is 0.270 e. The molecule has 1 aromatic rings. The van der Waals surface area contributed by atoms with Gasteiger partial charge < -0.3 is 10.0 Å². The molecular formula is C18H21F2N3O3. The lowest BCUT2D eigenvalue weighted by atomic mass is 9.93. The van der Waals surface area contributed by atoms with Crippen molar-refractivity contribution in [2.45, 2.75) is 31.7 Å². The van der Waals surface area contributed by atoms with Gasteiger partial charge in [0.25, 0.3) is 11.8 Å². The van der Waals surface area contributed by atoms with E-state index in [-0.39, 0.29) is 31.0 Å². The first-order chi connectivity index (χ1) is 12.3. The van der Waals surface area contributed by atoms with Crippen molar-refractivity contribution in [2.75, 3.05) is 24.7 Å². The normalized spacial score (nSPS) is 25.2. The lowest BCUT2D eigenvalue weighted by Crippen LogP contribution is -2.52. The van der Waals surface area contributed by atoms with Gasteiger partial charge in [-0.15, -0.1) is 0 Å². The average molecular weight is 365 g/mol. The molecule has 1 fully saturated rings. The lowest BCUT2D eigenvalue weighted by molar-refractivity contribution is -0.143. The lowest BCUT2D eigenvalue weighted by Gasteiger charge is -2.37. The van der Waals surface area contributed by atoms with Gasteiger partial charge in [0.15, 0.2) is 5.78 Å². The number of anilines is 1. The molecule has 1 saturated heterocycles. The van der Waals surface area contributed by atoms with Crippen LogP contribution in [0.1, 0.15) is 19.8 Å². The first-order valence-electron chi connectivity index (χ1n) is 8.53. The van der Waals surface area contributed by atoms with E-state index in [9.17, 15) is 23.5 Å². The Kier molecular flexibility index (Phi) is 5.04. The van der Waals surface area contributed by atoms with E-state index in [1.807, 2.05) is 6.07 Å². The number of likely N-dealkylation sites (tertiary alicyclic amines) is 1. The zero-order chi connectivity index (χ0) is 18.9. The molecule has 1 amide bonds. The number of aliphatic hydroxyl groups is 1. The summed E-state index contributed by atoms with van der Waals surface area (Å²) in [6, 6.07) is 8.44. The van der Waals surface area contributed by atoms with Crippen molar-refractivity contribution in [2.24, 2.45) is 11.0 Å². The first-order valence-corrected chi connectivity index (χ1v) is 8.53. The summed E-state index contributed by atoms with van der Waals surface area (Å²) < 4.78 is 27.5. The number of hydrazone groups is 1. The SMILES string of the molecule is CC(=O)[C@@H]1CC(C(=O)N2CCC(F)(F)[C@@H](CO)C2)=NN1c1ccccc1. The summed E-state index contributed by atoms with van der Waals surface area (Å²) in [5.41, 5.74) is 0.866. The molecule has 1 N–H and O–H groups in total. The number of piperidine rings is 1.